The van der Waals surface area contributed by atoms with Gasteiger partial charge in [0.1, 0.15) is 37.8 Å². The van der Waals surface area contributed by atoms with Gasteiger partial charge in [-0.25, -0.2) is 13.9 Å². The van der Waals surface area contributed by atoms with Crippen LogP contribution in [0.5, 0.6) is 0 Å². The number of halogens is 35. The quantitative estimate of drug-likeness (QED) is 0.00352. The fourth-order valence-corrected chi connectivity index (χ4v) is 12.7. The summed E-state index contributed by atoms with van der Waals surface area (Å²) in [5.41, 5.74) is 1.60. The van der Waals surface area contributed by atoms with E-state index < -0.39 is 149 Å². The Morgan fingerprint density at radius 3 is 1.27 bits per heavy atom. The summed E-state index contributed by atoms with van der Waals surface area (Å²) in [6.45, 7) is -40.7. The number of nitrogens with one attached hydrogen (secondary N) is 2. The maximum Gasteiger partial charge on any atom is 0.558 e. The summed E-state index contributed by atoms with van der Waals surface area (Å²) in [5.74, 6) is 9.38. The number of carbonyl (C=O) groups is 3. The number of hydrogen-bond acceptors (Lipinski definition) is 5. The van der Waals surface area contributed by atoms with Crippen LogP contribution in [0.15, 0.2) is 188 Å². The number of esters is 1. The molecule has 0 saturated carbocycles. The molecule has 0 aliphatic heterocycles. The molecule has 0 aliphatic rings. The van der Waals surface area contributed by atoms with E-state index >= 15 is 0 Å². The van der Waals surface area contributed by atoms with Crippen LogP contribution in [0.4, 0.5) is 142 Å². The van der Waals surface area contributed by atoms with Crippen LogP contribution in [0, 0.1) is 48.8 Å². The first-order valence-corrected chi connectivity index (χ1v) is 46.1. The largest absolute Gasteiger partial charge is 0.558 e. The number of aliphatic hydroxyl groups excluding tert-OH is 1. The van der Waals surface area contributed by atoms with Crippen molar-refractivity contribution in [1.29, 1.82) is 0 Å². The van der Waals surface area contributed by atoms with Crippen molar-refractivity contribution in [2.45, 2.75) is 96.4 Å². The molecule has 0 saturated heterocycles. The van der Waals surface area contributed by atoms with Gasteiger partial charge in [-0.15, -0.1) is 80.9 Å². The number of ether oxygens (including phenoxy) is 1. The zero-order valence-electron chi connectivity index (χ0n) is 82.2. The van der Waals surface area contributed by atoms with Gasteiger partial charge in [-0.05, 0) is 92.6 Å². The van der Waals surface area contributed by atoms with E-state index in [9.17, 15) is 157 Å². The first kappa shape index (κ1) is 147. The number of unbranched alkanes of at least 4 members (excludes halogenated alkanes) is 1. The number of nitrogens with zero attached hydrogens (tertiary/aromatic N) is 6. The van der Waals surface area contributed by atoms with Gasteiger partial charge in [-0.2, -0.15) is 5.82 Å². The molecule has 814 valence electrons. The third kappa shape index (κ3) is 107. The number of pyridine rings is 1. The predicted octanol–water partition coefficient (Wildman–Crippen LogP) is 19.0. The third-order valence-electron chi connectivity index (χ3n) is 16.6. The third-order valence-corrected chi connectivity index (χ3v) is 19.3. The topological polar surface area (TPSA) is 102 Å². The van der Waals surface area contributed by atoms with Crippen LogP contribution in [0.1, 0.15) is 68.4 Å². The van der Waals surface area contributed by atoms with Crippen molar-refractivity contribution in [1.82, 2.24) is 4.57 Å². The summed E-state index contributed by atoms with van der Waals surface area (Å²) < 4.78 is 397. The van der Waals surface area contributed by atoms with Crippen molar-refractivity contribution in [2.75, 3.05) is 146 Å². The first-order chi connectivity index (χ1) is 64.5. The Hall–Kier alpha value is -8.81. The molecule has 3 N–H and O–H groups in total. The van der Waals surface area contributed by atoms with E-state index in [1.165, 1.54) is 63.3 Å². The lowest BCUT2D eigenvalue weighted by atomic mass is 9.67. The number of carbonyl (C=O) groups excluding carboxylic acids is 3. The smallest absolute Gasteiger partial charge is 0.474 e. The molecule has 4 aromatic carbocycles. The summed E-state index contributed by atoms with van der Waals surface area (Å²) in [5, 5.41) is 8.28. The van der Waals surface area contributed by atoms with Crippen LogP contribution in [0.3, 0.4) is 0 Å². The molecule has 143 heavy (non-hydrogen) atoms. The zero-order valence-corrected chi connectivity index (χ0v) is 84.5. The maximum absolute atomic E-state index is 12.7. The highest BCUT2D eigenvalue weighted by atomic mass is 35.5. The summed E-state index contributed by atoms with van der Waals surface area (Å²) >= 11 is 8.84. The van der Waals surface area contributed by atoms with Gasteiger partial charge < -0.3 is 176 Å². The normalized spacial score (nSPS) is 12.2. The Morgan fingerprint density at radius 1 is 0.545 bits per heavy atom. The number of rotatable bonds is 35. The van der Waals surface area contributed by atoms with E-state index in [-0.39, 0.29) is 82.6 Å². The lowest BCUT2D eigenvalue weighted by Crippen LogP contribution is -3.13. The number of aliphatic hydroxyl groups is 1. The molecule has 0 spiro atoms. The van der Waals surface area contributed by atoms with E-state index in [0.717, 1.165) is 48.1 Å². The molecular formula is C82H125B12Cl2F33N8O5S-4. The van der Waals surface area contributed by atoms with Crippen LogP contribution in [-0.2, 0) is 51.6 Å². The molecular weight excluding hydrogens is 2040 g/mol. The average Bonchev–Trinajstić information content (AvgIpc) is 1.13. The fourth-order valence-electron chi connectivity index (χ4n) is 11.0. The second-order valence-corrected chi connectivity index (χ2v) is 37.4. The molecule has 61 heteroatoms. The number of likely N-dealkylation sites (N-methyl/N-ethyl adjacent to an activating group) is 1. The second-order valence-electron chi connectivity index (χ2n) is 34.2. The van der Waals surface area contributed by atoms with Crippen molar-refractivity contribution in [2.24, 2.45) is 7.05 Å². The highest BCUT2D eigenvalue weighted by Gasteiger charge is 2.42. The minimum atomic E-state index is -5.28. The van der Waals surface area contributed by atoms with Gasteiger partial charge in [-0.1, -0.05) is 116 Å². The maximum atomic E-state index is 12.7. The Labute approximate surface area is 831 Å². The first-order valence-electron chi connectivity index (χ1n) is 43.4. The lowest BCUT2D eigenvalue weighted by molar-refractivity contribution is -0.887. The number of aryl methyl sites for hydroxylation is 1. The Morgan fingerprint density at radius 2 is 0.965 bits per heavy atom. The highest BCUT2D eigenvalue weighted by molar-refractivity contribution is 7.97. The van der Waals surface area contributed by atoms with E-state index in [2.05, 4.69) is 46.4 Å². The predicted molar refractivity (Wildman–Crippen MR) is 521 cm³/mol. The summed E-state index contributed by atoms with van der Waals surface area (Å²) in [4.78, 5) is 34.0. The van der Waals surface area contributed by atoms with E-state index in [4.69, 9.17) is 24.4 Å². The monoisotopic (exact) mass is 2160 g/mol. The van der Waals surface area contributed by atoms with Gasteiger partial charge >= 0.3 is 88.9 Å². The zero-order chi connectivity index (χ0) is 113. The Kier molecular flexibility index (Phi) is 73.8. The van der Waals surface area contributed by atoms with Crippen molar-refractivity contribution in [3.05, 3.63) is 199 Å². The molecule has 2 atom stereocenters. The molecule has 0 fully saturated rings. The molecule has 13 nitrogen and oxygen atoms in total. The standard InChI is InChI=1S/C9H13BF2S.C9H10O.C8H5BF3.C8H8O.C7H16BF2NO2.C7H10BF2N.C6H10B2F6N.C6H11BF3N.C6H11BF3O.C5H8BF3N2.C5H8BF3N.C5H12BF3N.CHBCl2F3/c1-10(11,12)8-13(2)9-6-4-3-5-7-9;1-8(10)7-9-5-3-2-4-6-9;10-9(11,12)7-6-8-4-2-1-3-5-8;1-7(9)8-5-3-2-4-6-8;1-8(9,10)6-11(2,3)5-7(12)13-4;1-8(9,10)7-11-5-3-2-4-6-11;1-3-4-15(2,5-7(9,10)11)6-8(12,13)14;1-4-5-11(2,3)6-7(8,9)10;1-6(7(8,9)10)4-2-3-5-11;1-10-2-3-11(5-10)4-6(7,8)9;1-3-4-10(2)5-6(7,8)9;1-3-10(4-2)5-6(7,8)9;3-1(4)2(5,6)7/h3-7H,8H2,1-2H3;2-6H,7H2,1H3;1-5H;2-6H,1H3;5-6H2,1-4H3;2-6H,7H2,1H3;1H,4-6H2,2H3;1H,5-6H2,2-3H3;11H,1-5H2;2-3,5H,4H2,1H3;1H,4-5H2,2H3;3-5H2,1-2H3;1H/q;;-1;;;;-1;;-1;;3*-1/p+2. The summed E-state index contributed by atoms with van der Waals surface area (Å²) in [6.07, 6.45) is 18.6. The fraction of sp³-hybridized carbons (Fsp3) is 0.451. The Balaban J connectivity index is -0.000000281. The molecule has 0 radical (unpaired) electrons. The molecule has 0 bridgehead atoms. The summed E-state index contributed by atoms with van der Waals surface area (Å²) in [6, 6.07) is 41.8. The van der Waals surface area contributed by atoms with E-state index in [1.54, 1.807) is 108 Å². The number of Topliss-reactive ketones (excluding diaryl/α,β-unsaturated/α-hetero) is 2. The van der Waals surface area contributed by atoms with Gasteiger partial charge in [0.2, 0.25) is 6.33 Å². The lowest BCUT2D eigenvalue weighted by Gasteiger charge is -2.40. The van der Waals surface area contributed by atoms with Crippen molar-refractivity contribution >= 4 is 135 Å². The number of quaternary nitrogens is 5. The number of benzene rings is 4. The Bertz CT molecular complexity index is 4580. The molecule has 0 aliphatic carbocycles. The van der Waals surface area contributed by atoms with Gasteiger partial charge in [0.05, 0.1) is 131 Å². The molecule has 2 heterocycles. The van der Waals surface area contributed by atoms with Crippen LogP contribution < -0.4 is 18.9 Å². The van der Waals surface area contributed by atoms with Crippen molar-refractivity contribution in [3.63, 3.8) is 0 Å². The molecule has 6 rings (SSSR count). The number of aromatic nitrogens is 3. The van der Waals surface area contributed by atoms with Gasteiger partial charge in [-0.3, -0.25) is 14.2 Å². The minimum absolute atomic E-state index is 0.00398. The van der Waals surface area contributed by atoms with E-state index in [1.807, 2.05) is 109 Å². The van der Waals surface area contributed by atoms with Gasteiger partial charge in [0, 0.05) is 42.7 Å². The van der Waals surface area contributed by atoms with Crippen LogP contribution in [0.2, 0.25) is 20.5 Å². The van der Waals surface area contributed by atoms with E-state index in [0.29, 0.717) is 47.7 Å². The van der Waals surface area contributed by atoms with Crippen LogP contribution >= 0.6 is 23.2 Å². The number of imidazole rings is 1. The van der Waals surface area contributed by atoms with Crippen LogP contribution in [-0.4, -0.2) is 274 Å². The number of allylic oxidation sites excluding steroid dienone is 1. The van der Waals surface area contributed by atoms with Crippen molar-refractivity contribution < 1.29 is 199 Å². The number of ketones is 2. The van der Waals surface area contributed by atoms with Gasteiger partial charge in [0.25, 0.3) is 0 Å². The highest BCUT2D eigenvalue weighted by Crippen LogP contribution is 2.26. The second kappa shape index (κ2) is 71.7. The SMILES string of the molecule is C#CC[N+](C)(C)C[B-](F)(F)F.C#CC[N+](C)(C[B-](F)(F)F)C[B-](F)(F)F.C#CC[NH+](C)C[B-](F)(F)F.C=C(CCCCO)[B-](F)(F)F.CC(=O)Cc1ccccc1.CC(=O)c1ccccc1.CC[NH+](CC)C[B-](F)(F)F.COC(=O)C[N+](C)(C)C[B-](C)(F)F.C[B-](F)(F)C[n+]1ccccc1.C[S+](C[B-](C)(F)F)c1ccccc1.C[n+]1ccn(C[B-](F)(F)F)c1.F[B-](F)(F)C#Cc1ccccc1.F[B-](F)(F)C(Cl)Cl. The number of alkyl halides is 2. The number of hydrogen-bond donors (Lipinski definition) is 3. The van der Waals surface area contributed by atoms with Crippen molar-refractivity contribution in [3.8, 4) is 48.8 Å². The molecule has 2 aromatic heterocycles. The average molecular weight is 2160 g/mol. The minimum Gasteiger partial charge on any atom is -0.474 e. The molecule has 6 aromatic rings. The van der Waals surface area contributed by atoms with Crippen LogP contribution in [0.25, 0.3) is 0 Å². The number of methoxy groups -OCH3 is 1. The van der Waals surface area contributed by atoms with Gasteiger partial charge in [0.15, 0.2) is 29.6 Å². The molecule has 2 unspecified atom stereocenters. The number of terminal acetylenes is 3. The molecule has 0 amide bonds. The summed E-state index contributed by atoms with van der Waals surface area (Å²) in [7, 11) is 11.0.